The van der Waals surface area contributed by atoms with Gasteiger partial charge in [0, 0.05) is 6.07 Å². The summed E-state index contributed by atoms with van der Waals surface area (Å²) < 4.78 is 1.38. The third-order valence-electron chi connectivity index (χ3n) is 2.36. The van der Waals surface area contributed by atoms with Crippen molar-refractivity contribution in [3.63, 3.8) is 0 Å². The molecule has 2 aromatic rings. The van der Waals surface area contributed by atoms with Crippen LogP contribution in [0.3, 0.4) is 0 Å². The maximum absolute atomic E-state index is 11.4. The fourth-order valence-electron chi connectivity index (χ4n) is 1.51. The maximum atomic E-state index is 11.4. The van der Waals surface area contributed by atoms with E-state index in [0.29, 0.717) is 21.6 Å². The number of carbonyl (C=O) groups is 1. The van der Waals surface area contributed by atoms with Gasteiger partial charge in [0.15, 0.2) is 5.69 Å². The van der Waals surface area contributed by atoms with Gasteiger partial charge in [-0.2, -0.15) is 10.4 Å². The number of hydrogen-bond donors (Lipinski definition) is 1. The molecule has 102 valence electrons. The maximum Gasteiger partial charge on any atom is 0.240 e. The fourth-order valence-corrected chi connectivity index (χ4v) is 1.87. The van der Waals surface area contributed by atoms with Crippen LogP contribution in [0.2, 0.25) is 10.0 Å². The van der Waals surface area contributed by atoms with Gasteiger partial charge in [0.1, 0.15) is 17.8 Å². The van der Waals surface area contributed by atoms with E-state index in [-0.39, 0.29) is 11.6 Å². The van der Waals surface area contributed by atoms with Gasteiger partial charge in [0.05, 0.1) is 15.7 Å². The van der Waals surface area contributed by atoms with E-state index in [4.69, 9.17) is 40.1 Å². The number of aromatic nitrogens is 2. The van der Waals surface area contributed by atoms with Gasteiger partial charge in [-0.05, 0) is 18.2 Å². The Kier molecular flexibility index (Phi) is 4.50. The average Bonchev–Trinajstić information content (AvgIpc) is 2.84. The van der Waals surface area contributed by atoms with Crippen LogP contribution >= 0.6 is 34.8 Å². The Hall–Kier alpha value is -1.74. The summed E-state index contributed by atoms with van der Waals surface area (Å²) in [5, 5.41) is 16.2. The molecule has 0 bridgehead atoms. The number of amides is 1. The predicted molar refractivity (Wildman–Crippen MR) is 77.6 cm³/mol. The molecule has 0 spiro atoms. The first-order chi connectivity index (χ1) is 9.55. The van der Waals surface area contributed by atoms with E-state index in [1.807, 2.05) is 6.07 Å². The molecule has 20 heavy (non-hydrogen) atoms. The average molecular weight is 330 g/mol. The van der Waals surface area contributed by atoms with Crippen molar-refractivity contribution >= 4 is 46.5 Å². The molecule has 0 aliphatic carbocycles. The molecule has 0 atom stereocenters. The topological polar surface area (TPSA) is 70.7 Å². The van der Waals surface area contributed by atoms with Crippen LogP contribution in [0.5, 0.6) is 0 Å². The minimum Gasteiger partial charge on any atom is -0.310 e. The number of carbonyl (C=O) groups excluding carboxylic acids is 1. The summed E-state index contributed by atoms with van der Waals surface area (Å²) in [6.07, 6.45) is 0. The highest BCUT2D eigenvalue weighted by Gasteiger charge is 2.13. The first-order valence-electron chi connectivity index (χ1n) is 5.36. The van der Waals surface area contributed by atoms with Gasteiger partial charge in [-0.15, -0.1) is 11.6 Å². The molecule has 1 aromatic heterocycles. The first-order valence-corrected chi connectivity index (χ1v) is 6.65. The van der Waals surface area contributed by atoms with Gasteiger partial charge in [-0.3, -0.25) is 4.79 Å². The van der Waals surface area contributed by atoms with Crippen molar-refractivity contribution in [3.8, 4) is 11.8 Å². The fraction of sp³-hybridized carbons (Fsp3) is 0.0833. The molecule has 0 saturated heterocycles. The minimum absolute atomic E-state index is 0.154. The number of anilines is 1. The molecule has 2 rings (SSSR count). The lowest BCUT2D eigenvalue weighted by molar-refractivity contribution is -0.114. The van der Waals surface area contributed by atoms with E-state index in [9.17, 15) is 4.79 Å². The van der Waals surface area contributed by atoms with Crippen molar-refractivity contribution in [2.45, 2.75) is 0 Å². The lowest BCUT2D eigenvalue weighted by atomic mass is 10.3. The smallest absolute Gasteiger partial charge is 0.240 e. The molecule has 0 aliphatic rings. The zero-order valence-corrected chi connectivity index (χ0v) is 12.2. The van der Waals surface area contributed by atoms with E-state index in [1.54, 1.807) is 18.2 Å². The highest BCUT2D eigenvalue weighted by atomic mass is 35.5. The molecule has 1 N–H and O–H groups in total. The molecule has 1 aromatic carbocycles. The molecular weight excluding hydrogens is 323 g/mol. The van der Waals surface area contributed by atoms with Gasteiger partial charge in [-0.1, -0.05) is 23.2 Å². The highest BCUT2D eigenvalue weighted by molar-refractivity contribution is 6.42. The Morgan fingerprint density at radius 2 is 2.10 bits per heavy atom. The standard InChI is InChI=1S/C12H7Cl3N4O/c13-5-12(20)17-11-3-7(6-16)18-19(11)8-1-2-9(14)10(15)4-8/h1-4H,5H2,(H,17,20). The lowest BCUT2D eigenvalue weighted by Gasteiger charge is -2.08. The Bertz CT molecular complexity index is 705. The Morgan fingerprint density at radius 3 is 2.70 bits per heavy atom. The lowest BCUT2D eigenvalue weighted by Crippen LogP contribution is -2.15. The van der Waals surface area contributed by atoms with E-state index in [0.717, 1.165) is 0 Å². The zero-order chi connectivity index (χ0) is 14.7. The third kappa shape index (κ3) is 3.05. The summed E-state index contributed by atoms with van der Waals surface area (Å²) in [5.41, 5.74) is 0.715. The van der Waals surface area contributed by atoms with E-state index < -0.39 is 5.91 Å². The van der Waals surface area contributed by atoms with Crippen molar-refractivity contribution in [1.82, 2.24) is 9.78 Å². The molecule has 0 radical (unpaired) electrons. The van der Waals surface area contributed by atoms with Crippen LogP contribution in [-0.4, -0.2) is 21.6 Å². The van der Waals surface area contributed by atoms with E-state index in [1.165, 1.54) is 10.7 Å². The molecule has 0 unspecified atom stereocenters. The summed E-state index contributed by atoms with van der Waals surface area (Å²) in [6, 6.07) is 8.18. The molecule has 0 saturated carbocycles. The molecular formula is C12H7Cl3N4O. The predicted octanol–water partition coefficient (Wildman–Crippen LogP) is 3.23. The monoisotopic (exact) mass is 328 g/mol. The highest BCUT2D eigenvalue weighted by Crippen LogP contribution is 2.26. The Labute approximate surface area is 129 Å². The number of nitrogens with zero attached hydrogens (tertiary/aromatic N) is 3. The summed E-state index contributed by atoms with van der Waals surface area (Å²) in [6.45, 7) is 0. The quantitative estimate of drug-likeness (QED) is 0.879. The number of nitrogens with one attached hydrogen (secondary N) is 1. The molecule has 0 aliphatic heterocycles. The van der Waals surface area contributed by atoms with Gasteiger partial charge in [0.2, 0.25) is 5.91 Å². The number of benzene rings is 1. The van der Waals surface area contributed by atoms with Gasteiger partial charge in [-0.25, -0.2) is 4.68 Å². The van der Waals surface area contributed by atoms with Crippen LogP contribution in [0, 0.1) is 11.3 Å². The SMILES string of the molecule is N#Cc1cc(NC(=O)CCl)n(-c2ccc(Cl)c(Cl)c2)n1. The molecule has 1 amide bonds. The van der Waals surface area contributed by atoms with Crippen molar-refractivity contribution in [3.05, 3.63) is 40.0 Å². The summed E-state index contributed by atoms with van der Waals surface area (Å²) in [7, 11) is 0. The molecule has 8 heteroatoms. The van der Waals surface area contributed by atoms with Gasteiger partial charge < -0.3 is 5.32 Å². The molecule has 1 heterocycles. The number of halogens is 3. The van der Waals surface area contributed by atoms with Crippen LogP contribution in [0.1, 0.15) is 5.69 Å². The van der Waals surface area contributed by atoms with Crippen molar-refractivity contribution < 1.29 is 4.79 Å². The minimum atomic E-state index is -0.405. The largest absolute Gasteiger partial charge is 0.310 e. The summed E-state index contributed by atoms with van der Waals surface area (Å²) in [5.74, 6) is -0.281. The van der Waals surface area contributed by atoms with Gasteiger partial charge in [0.25, 0.3) is 0 Å². The van der Waals surface area contributed by atoms with Crippen LogP contribution in [-0.2, 0) is 4.79 Å². The zero-order valence-electron chi connectivity index (χ0n) is 9.90. The third-order valence-corrected chi connectivity index (χ3v) is 3.34. The summed E-state index contributed by atoms with van der Waals surface area (Å²) in [4.78, 5) is 11.4. The number of rotatable bonds is 3. The first kappa shape index (κ1) is 14.7. The molecule has 0 fully saturated rings. The second kappa shape index (κ2) is 6.14. The molecule has 5 nitrogen and oxygen atoms in total. The Morgan fingerprint density at radius 1 is 1.35 bits per heavy atom. The number of alkyl halides is 1. The second-order valence-corrected chi connectivity index (χ2v) is 4.80. The van der Waals surface area contributed by atoms with E-state index >= 15 is 0 Å². The normalized spacial score (nSPS) is 10.1. The number of nitriles is 1. The van der Waals surface area contributed by atoms with E-state index in [2.05, 4.69) is 10.4 Å². The number of hydrogen-bond acceptors (Lipinski definition) is 3. The van der Waals surface area contributed by atoms with Crippen molar-refractivity contribution in [2.75, 3.05) is 11.2 Å². The summed E-state index contributed by atoms with van der Waals surface area (Å²) >= 11 is 17.2. The second-order valence-electron chi connectivity index (χ2n) is 3.72. The van der Waals surface area contributed by atoms with Crippen LogP contribution < -0.4 is 5.32 Å². The van der Waals surface area contributed by atoms with Crippen LogP contribution in [0.15, 0.2) is 24.3 Å². The van der Waals surface area contributed by atoms with Crippen LogP contribution in [0.4, 0.5) is 5.82 Å². The van der Waals surface area contributed by atoms with Gasteiger partial charge >= 0.3 is 0 Å². The van der Waals surface area contributed by atoms with Crippen molar-refractivity contribution in [1.29, 1.82) is 5.26 Å². The van der Waals surface area contributed by atoms with Crippen LogP contribution in [0.25, 0.3) is 5.69 Å². The van der Waals surface area contributed by atoms with Crippen molar-refractivity contribution in [2.24, 2.45) is 0 Å². The Balaban J connectivity index is 2.49.